The van der Waals surface area contributed by atoms with Crippen LogP contribution in [0, 0.1) is 19.8 Å². The van der Waals surface area contributed by atoms with Crippen molar-refractivity contribution < 1.29 is 4.79 Å². The second-order valence-corrected chi connectivity index (χ2v) is 4.75. The number of aryl methyl sites for hydroxylation is 2. The van der Waals surface area contributed by atoms with Crippen molar-refractivity contribution in [2.75, 3.05) is 0 Å². The molecule has 0 aliphatic carbocycles. The van der Waals surface area contributed by atoms with Crippen LogP contribution in [-0.2, 0) is 4.79 Å². The molecule has 0 saturated heterocycles. The Hall–Kier alpha value is -1.31. The highest BCUT2D eigenvalue weighted by Crippen LogP contribution is 2.19. The van der Waals surface area contributed by atoms with Crippen molar-refractivity contribution in [2.24, 2.45) is 5.92 Å². The van der Waals surface area contributed by atoms with E-state index in [0.29, 0.717) is 0 Å². The highest BCUT2D eigenvalue weighted by molar-refractivity contribution is 5.78. The van der Waals surface area contributed by atoms with Gasteiger partial charge in [-0.25, -0.2) is 0 Å². The first-order chi connectivity index (χ1) is 7.41. The standard InChI is InChI=1S/C14H21NO/c1-9(2)14(16)15-12(5)13-8-10(3)6-7-11(13)4/h6-9,12H,1-5H3,(H,15,16). The van der Waals surface area contributed by atoms with Crippen LogP contribution >= 0.6 is 0 Å². The highest BCUT2D eigenvalue weighted by atomic mass is 16.1. The maximum atomic E-state index is 11.6. The van der Waals surface area contributed by atoms with Crippen LogP contribution in [0.2, 0.25) is 0 Å². The van der Waals surface area contributed by atoms with Crippen LogP contribution in [0.3, 0.4) is 0 Å². The van der Waals surface area contributed by atoms with Gasteiger partial charge in [-0.1, -0.05) is 37.6 Å². The summed E-state index contributed by atoms with van der Waals surface area (Å²) >= 11 is 0. The van der Waals surface area contributed by atoms with Crippen molar-refractivity contribution in [1.82, 2.24) is 5.32 Å². The van der Waals surface area contributed by atoms with Gasteiger partial charge in [0.25, 0.3) is 0 Å². The van der Waals surface area contributed by atoms with E-state index in [1.54, 1.807) is 0 Å². The Balaban J connectivity index is 2.84. The Morgan fingerprint density at radius 3 is 2.38 bits per heavy atom. The third kappa shape index (κ3) is 3.09. The first kappa shape index (κ1) is 12.8. The number of benzene rings is 1. The number of amides is 1. The van der Waals surface area contributed by atoms with Gasteiger partial charge in [0.05, 0.1) is 6.04 Å². The van der Waals surface area contributed by atoms with E-state index < -0.39 is 0 Å². The summed E-state index contributed by atoms with van der Waals surface area (Å²) < 4.78 is 0. The van der Waals surface area contributed by atoms with E-state index in [0.717, 1.165) is 0 Å². The predicted octanol–water partition coefficient (Wildman–Crippen LogP) is 3.14. The largest absolute Gasteiger partial charge is 0.349 e. The maximum absolute atomic E-state index is 11.6. The summed E-state index contributed by atoms with van der Waals surface area (Å²) in [5.74, 6) is 0.140. The molecule has 1 atom stereocenters. The molecule has 0 saturated carbocycles. The third-order valence-electron chi connectivity index (χ3n) is 2.78. The van der Waals surface area contributed by atoms with E-state index in [4.69, 9.17) is 0 Å². The van der Waals surface area contributed by atoms with Gasteiger partial charge in [0.15, 0.2) is 0 Å². The monoisotopic (exact) mass is 219 g/mol. The summed E-state index contributed by atoms with van der Waals surface area (Å²) in [5, 5.41) is 3.02. The van der Waals surface area contributed by atoms with Gasteiger partial charge in [0, 0.05) is 5.92 Å². The van der Waals surface area contributed by atoms with E-state index in [2.05, 4.69) is 37.4 Å². The molecule has 1 rings (SSSR count). The smallest absolute Gasteiger partial charge is 0.223 e. The predicted molar refractivity (Wildman–Crippen MR) is 67.3 cm³/mol. The van der Waals surface area contributed by atoms with E-state index in [1.165, 1.54) is 16.7 Å². The van der Waals surface area contributed by atoms with Crippen molar-refractivity contribution >= 4 is 5.91 Å². The third-order valence-corrected chi connectivity index (χ3v) is 2.78. The van der Waals surface area contributed by atoms with E-state index in [1.807, 2.05) is 20.8 Å². The van der Waals surface area contributed by atoms with Crippen molar-refractivity contribution in [3.63, 3.8) is 0 Å². The van der Waals surface area contributed by atoms with Crippen LogP contribution in [-0.4, -0.2) is 5.91 Å². The number of nitrogens with one attached hydrogen (secondary N) is 1. The fraction of sp³-hybridized carbons (Fsp3) is 0.500. The van der Waals surface area contributed by atoms with Gasteiger partial charge in [-0.2, -0.15) is 0 Å². The molecular formula is C14H21NO. The van der Waals surface area contributed by atoms with Crippen LogP contribution < -0.4 is 5.32 Å². The maximum Gasteiger partial charge on any atom is 0.223 e. The minimum absolute atomic E-state index is 0.0348. The molecular weight excluding hydrogens is 198 g/mol. The van der Waals surface area contributed by atoms with Gasteiger partial charge in [-0.3, -0.25) is 4.79 Å². The number of carbonyl (C=O) groups excluding carboxylic acids is 1. The topological polar surface area (TPSA) is 29.1 Å². The molecule has 0 radical (unpaired) electrons. The van der Waals surface area contributed by atoms with Crippen LogP contribution in [0.5, 0.6) is 0 Å². The minimum Gasteiger partial charge on any atom is -0.349 e. The molecule has 1 unspecified atom stereocenters. The molecule has 0 aliphatic heterocycles. The van der Waals surface area contributed by atoms with E-state index in [-0.39, 0.29) is 17.9 Å². The first-order valence-electron chi connectivity index (χ1n) is 5.79. The summed E-state index contributed by atoms with van der Waals surface area (Å²) in [6.45, 7) is 9.99. The molecule has 1 amide bonds. The molecule has 88 valence electrons. The lowest BCUT2D eigenvalue weighted by Gasteiger charge is -2.18. The first-order valence-corrected chi connectivity index (χ1v) is 5.79. The summed E-state index contributed by atoms with van der Waals surface area (Å²) in [6.07, 6.45) is 0. The lowest BCUT2D eigenvalue weighted by atomic mass is 9.99. The quantitative estimate of drug-likeness (QED) is 0.831. The molecule has 16 heavy (non-hydrogen) atoms. The fourth-order valence-corrected chi connectivity index (χ4v) is 1.68. The molecule has 1 aromatic carbocycles. The zero-order valence-electron chi connectivity index (χ0n) is 10.8. The van der Waals surface area contributed by atoms with Gasteiger partial charge in [-0.15, -0.1) is 0 Å². The van der Waals surface area contributed by atoms with Crippen molar-refractivity contribution in [3.8, 4) is 0 Å². The van der Waals surface area contributed by atoms with E-state index >= 15 is 0 Å². The number of rotatable bonds is 3. The Morgan fingerprint density at radius 2 is 1.81 bits per heavy atom. The molecule has 0 spiro atoms. The average molecular weight is 219 g/mol. The second kappa shape index (κ2) is 5.15. The number of hydrogen-bond donors (Lipinski definition) is 1. The lowest BCUT2D eigenvalue weighted by molar-refractivity contribution is -0.124. The Kier molecular flexibility index (Phi) is 4.11. The van der Waals surface area contributed by atoms with Crippen LogP contribution in [0.15, 0.2) is 18.2 Å². The number of hydrogen-bond acceptors (Lipinski definition) is 1. The summed E-state index contributed by atoms with van der Waals surface area (Å²) in [5.41, 5.74) is 3.66. The van der Waals surface area contributed by atoms with Gasteiger partial charge in [-0.05, 0) is 31.9 Å². The van der Waals surface area contributed by atoms with Crippen LogP contribution in [0.4, 0.5) is 0 Å². The normalized spacial score (nSPS) is 12.6. The molecule has 2 heteroatoms. The van der Waals surface area contributed by atoms with Crippen molar-refractivity contribution in [3.05, 3.63) is 34.9 Å². The Labute approximate surface area is 98.1 Å². The minimum atomic E-state index is 0.0348. The Morgan fingerprint density at radius 1 is 1.19 bits per heavy atom. The lowest BCUT2D eigenvalue weighted by Crippen LogP contribution is -2.30. The molecule has 1 aromatic rings. The van der Waals surface area contributed by atoms with Gasteiger partial charge < -0.3 is 5.32 Å². The van der Waals surface area contributed by atoms with E-state index in [9.17, 15) is 4.79 Å². The Bertz CT molecular complexity index is 382. The van der Waals surface area contributed by atoms with Crippen LogP contribution in [0.25, 0.3) is 0 Å². The van der Waals surface area contributed by atoms with Crippen molar-refractivity contribution in [2.45, 2.75) is 40.7 Å². The van der Waals surface area contributed by atoms with Crippen LogP contribution in [0.1, 0.15) is 43.5 Å². The zero-order valence-corrected chi connectivity index (χ0v) is 10.8. The number of carbonyl (C=O) groups is 1. The molecule has 0 heterocycles. The van der Waals surface area contributed by atoms with Gasteiger partial charge >= 0.3 is 0 Å². The molecule has 0 bridgehead atoms. The summed E-state index contributed by atoms with van der Waals surface area (Å²) in [6, 6.07) is 6.41. The summed E-state index contributed by atoms with van der Waals surface area (Å²) in [4.78, 5) is 11.6. The summed E-state index contributed by atoms with van der Waals surface area (Å²) in [7, 11) is 0. The molecule has 0 aromatic heterocycles. The van der Waals surface area contributed by atoms with Gasteiger partial charge in [0.1, 0.15) is 0 Å². The molecule has 0 fully saturated rings. The van der Waals surface area contributed by atoms with Crippen molar-refractivity contribution in [1.29, 1.82) is 0 Å². The second-order valence-electron chi connectivity index (χ2n) is 4.75. The molecule has 2 nitrogen and oxygen atoms in total. The molecule has 1 N–H and O–H groups in total. The zero-order chi connectivity index (χ0) is 12.3. The average Bonchev–Trinajstić information content (AvgIpc) is 2.21. The van der Waals surface area contributed by atoms with Gasteiger partial charge in [0.2, 0.25) is 5.91 Å². The molecule has 0 aliphatic rings. The fourth-order valence-electron chi connectivity index (χ4n) is 1.68. The SMILES string of the molecule is Cc1ccc(C)c(C(C)NC(=O)C(C)C)c1. The highest BCUT2D eigenvalue weighted by Gasteiger charge is 2.13.